The van der Waals surface area contributed by atoms with Gasteiger partial charge in [-0.25, -0.2) is 4.39 Å². The summed E-state index contributed by atoms with van der Waals surface area (Å²) in [6.07, 6.45) is 0. The summed E-state index contributed by atoms with van der Waals surface area (Å²) in [6.45, 7) is 0.0456. The van der Waals surface area contributed by atoms with E-state index in [1.165, 1.54) is 20.3 Å². The van der Waals surface area contributed by atoms with Crippen LogP contribution in [-0.4, -0.2) is 19.3 Å². The van der Waals surface area contributed by atoms with Crippen LogP contribution in [-0.2, 0) is 11.4 Å². The minimum atomic E-state index is -0.544. The summed E-state index contributed by atoms with van der Waals surface area (Å²) in [7, 11) is 2.80. The van der Waals surface area contributed by atoms with Crippen molar-refractivity contribution in [2.45, 2.75) is 6.54 Å². The third kappa shape index (κ3) is 2.58. The van der Waals surface area contributed by atoms with E-state index < -0.39 is 5.82 Å². The summed E-state index contributed by atoms with van der Waals surface area (Å²) in [5.74, 6) is -0.572. The Morgan fingerprint density at radius 3 is 2.73 bits per heavy atom. The Morgan fingerprint density at radius 1 is 1.53 bits per heavy atom. The Balaban J connectivity index is 3.15. The van der Waals surface area contributed by atoms with Crippen LogP contribution in [0, 0.1) is 5.82 Å². The molecule has 0 atom stereocenters. The van der Waals surface area contributed by atoms with Gasteiger partial charge in [0.05, 0.1) is 30.8 Å². The van der Waals surface area contributed by atoms with Crippen LogP contribution in [0.1, 0.15) is 5.56 Å². The summed E-state index contributed by atoms with van der Waals surface area (Å²) >= 11 is 3.03. The average molecular weight is 280 g/mol. The van der Waals surface area contributed by atoms with Crippen LogP contribution in [0.25, 0.3) is 0 Å². The van der Waals surface area contributed by atoms with E-state index in [0.717, 1.165) is 0 Å². The molecule has 0 aromatic heterocycles. The Bertz CT molecular complexity index is 360. The van der Waals surface area contributed by atoms with Crippen LogP contribution in [0.2, 0.25) is 0 Å². The molecule has 1 aromatic rings. The van der Waals surface area contributed by atoms with Crippen molar-refractivity contribution in [2.75, 3.05) is 14.2 Å². The van der Waals surface area contributed by atoms with Crippen molar-refractivity contribution < 1.29 is 19.1 Å². The Kier molecular flexibility index (Phi) is 4.31. The van der Waals surface area contributed by atoms with Gasteiger partial charge in [0.15, 0.2) is 11.5 Å². The van der Waals surface area contributed by atoms with Gasteiger partial charge >= 0.3 is 0 Å². The predicted octanol–water partition coefficient (Wildman–Crippen LogP) is 1.95. The molecule has 6 heteroatoms. The van der Waals surface area contributed by atoms with Gasteiger partial charge in [-0.2, -0.15) is 5.48 Å². The van der Waals surface area contributed by atoms with E-state index in [2.05, 4.69) is 26.2 Å². The summed E-state index contributed by atoms with van der Waals surface area (Å²) in [5, 5.41) is 9.64. The van der Waals surface area contributed by atoms with Crippen molar-refractivity contribution in [3.05, 3.63) is 21.9 Å². The molecule has 4 nitrogen and oxygen atoms in total. The van der Waals surface area contributed by atoms with E-state index in [4.69, 9.17) is 4.74 Å². The molecule has 0 bridgehead atoms. The number of aromatic hydroxyl groups is 1. The number of methoxy groups -OCH3 is 1. The SMILES string of the molecule is CONCc1c(O)c(OC)cc(Br)c1F. The van der Waals surface area contributed by atoms with Gasteiger partial charge in [-0.3, -0.25) is 0 Å². The zero-order valence-electron chi connectivity index (χ0n) is 8.30. The van der Waals surface area contributed by atoms with Crippen LogP contribution in [0.4, 0.5) is 4.39 Å². The number of phenols is 1. The fraction of sp³-hybridized carbons (Fsp3) is 0.333. The van der Waals surface area contributed by atoms with Crippen LogP contribution < -0.4 is 10.2 Å². The highest BCUT2D eigenvalue weighted by Crippen LogP contribution is 2.36. The van der Waals surface area contributed by atoms with E-state index in [0.29, 0.717) is 0 Å². The molecule has 1 rings (SSSR count). The molecule has 15 heavy (non-hydrogen) atoms. The Morgan fingerprint density at radius 2 is 2.20 bits per heavy atom. The number of rotatable bonds is 4. The Labute approximate surface area is 95.1 Å². The molecule has 0 spiro atoms. The lowest BCUT2D eigenvalue weighted by Crippen LogP contribution is -2.12. The second-order valence-corrected chi connectivity index (χ2v) is 3.58. The summed E-state index contributed by atoms with van der Waals surface area (Å²) in [6, 6.07) is 1.36. The van der Waals surface area contributed by atoms with Gasteiger partial charge in [-0.05, 0) is 15.9 Å². The van der Waals surface area contributed by atoms with Crippen LogP contribution in [0.5, 0.6) is 11.5 Å². The molecule has 2 N–H and O–H groups in total. The molecule has 0 aliphatic carbocycles. The zero-order valence-corrected chi connectivity index (χ0v) is 9.89. The number of hydrogen-bond donors (Lipinski definition) is 2. The number of hydrogen-bond acceptors (Lipinski definition) is 4. The van der Waals surface area contributed by atoms with Crippen molar-refractivity contribution in [3.8, 4) is 11.5 Å². The smallest absolute Gasteiger partial charge is 0.165 e. The highest BCUT2D eigenvalue weighted by Gasteiger charge is 2.16. The maximum atomic E-state index is 13.5. The molecule has 0 saturated heterocycles. The second-order valence-electron chi connectivity index (χ2n) is 2.73. The van der Waals surface area contributed by atoms with Gasteiger partial charge in [-0.1, -0.05) is 0 Å². The molecule has 0 aliphatic rings. The zero-order chi connectivity index (χ0) is 11.4. The number of benzene rings is 1. The summed E-state index contributed by atoms with van der Waals surface area (Å²) < 4.78 is 18.7. The number of halogens is 2. The van der Waals surface area contributed by atoms with Gasteiger partial charge in [0.1, 0.15) is 5.82 Å². The van der Waals surface area contributed by atoms with Crippen molar-refractivity contribution in [1.82, 2.24) is 5.48 Å². The first-order valence-electron chi connectivity index (χ1n) is 4.11. The maximum absolute atomic E-state index is 13.5. The molecule has 0 fully saturated rings. The van der Waals surface area contributed by atoms with Gasteiger partial charge in [0.2, 0.25) is 0 Å². The van der Waals surface area contributed by atoms with Crippen molar-refractivity contribution >= 4 is 15.9 Å². The third-order valence-electron chi connectivity index (χ3n) is 1.86. The first-order chi connectivity index (χ1) is 7.11. The van der Waals surface area contributed by atoms with E-state index in [1.54, 1.807) is 0 Å². The average Bonchev–Trinajstić information content (AvgIpc) is 2.23. The molecule has 0 aliphatic heterocycles. The van der Waals surface area contributed by atoms with Crippen molar-refractivity contribution in [2.24, 2.45) is 0 Å². The van der Waals surface area contributed by atoms with Crippen LogP contribution >= 0.6 is 15.9 Å². The highest BCUT2D eigenvalue weighted by molar-refractivity contribution is 9.10. The minimum absolute atomic E-state index is 0.0456. The fourth-order valence-electron chi connectivity index (χ4n) is 1.10. The van der Waals surface area contributed by atoms with E-state index in [-0.39, 0.29) is 28.1 Å². The van der Waals surface area contributed by atoms with E-state index in [9.17, 15) is 9.50 Å². The lowest BCUT2D eigenvalue weighted by molar-refractivity contribution is 0.0851. The van der Waals surface area contributed by atoms with E-state index in [1.807, 2.05) is 0 Å². The molecule has 0 heterocycles. The number of nitrogens with one attached hydrogen (secondary N) is 1. The van der Waals surface area contributed by atoms with Gasteiger partial charge in [0, 0.05) is 6.07 Å². The first kappa shape index (κ1) is 12.2. The fourth-order valence-corrected chi connectivity index (χ4v) is 1.55. The number of phenolic OH excluding ortho intramolecular Hbond substituents is 1. The largest absolute Gasteiger partial charge is 0.504 e. The van der Waals surface area contributed by atoms with Gasteiger partial charge < -0.3 is 14.7 Å². The van der Waals surface area contributed by atoms with Crippen LogP contribution in [0.3, 0.4) is 0 Å². The molecule has 84 valence electrons. The van der Waals surface area contributed by atoms with Crippen molar-refractivity contribution in [1.29, 1.82) is 0 Å². The lowest BCUT2D eigenvalue weighted by atomic mass is 10.1. The third-order valence-corrected chi connectivity index (χ3v) is 2.44. The second kappa shape index (κ2) is 5.29. The molecule has 0 saturated carbocycles. The van der Waals surface area contributed by atoms with E-state index >= 15 is 0 Å². The van der Waals surface area contributed by atoms with Crippen LogP contribution in [0.15, 0.2) is 10.5 Å². The standard InChI is InChI=1S/C9H11BrFNO3/c1-14-7-3-6(10)8(11)5(9(7)13)4-12-15-2/h3,12-13H,4H2,1-2H3. The Hall–Kier alpha value is -0.850. The lowest BCUT2D eigenvalue weighted by Gasteiger charge is -2.11. The predicted molar refractivity (Wildman–Crippen MR) is 56.2 cm³/mol. The van der Waals surface area contributed by atoms with Crippen molar-refractivity contribution in [3.63, 3.8) is 0 Å². The molecular formula is C9H11BrFNO3. The molecule has 0 radical (unpaired) electrons. The quantitative estimate of drug-likeness (QED) is 0.828. The summed E-state index contributed by atoms with van der Waals surface area (Å²) in [4.78, 5) is 4.59. The monoisotopic (exact) mass is 279 g/mol. The normalized spacial score (nSPS) is 10.4. The topological polar surface area (TPSA) is 50.7 Å². The molecule has 0 unspecified atom stereocenters. The van der Waals surface area contributed by atoms with Gasteiger partial charge in [-0.15, -0.1) is 0 Å². The number of hydroxylamine groups is 1. The maximum Gasteiger partial charge on any atom is 0.165 e. The number of ether oxygens (including phenoxy) is 1. The minimum Gasteiger partial charge on any atom is -0.504 e. The summed E-state index contributed by atoms with van der Waals surface area (Å²) in [5.41, 5.74) is 2.53. The first-order valence-corrected chi connectivity index (χ1v) is 4.90. The molecule has 0 amide bonds. The highest BCUT2D eigenvalue weighted by atomic mass is 79.9. The molecule has 1 aromatic carbocycles. The van der Waals surface area contributed by atoms with Gasteiger partial charge in [0.25, 0.3) is 0 Å². The molecular weight excluding hydrogens is 269 g/mol.